The van der Waals surface area contributed by atoms with Crippen molar-refractivity contribution in [2.45, 2.75) is 5.41 Å². The van der Waals surface area contributed by atoms with Gasteiger partial charge in [0, 0.05) is 16.7 Å². The number of benzene rings is 8. The van der Waals surface area contributed by atoms with Crippen molar-refractivity contribution in [1.29, 1.82) is 0 Å². The van der Waals surface area contributed by atoms with Crippen LogP contribution in [0.15, 0.2) is 176 Å². The molecule has 8 aromatic carbocycles. The maximum absolute atomic E-state index is 4.94. The van der Waals surface area contributed by atoms with E-state index in [1.54, 1.807) is 0 Å². The third-order valence-electron chi connectivity index (χ3n) is 10.9. The monoisotopic (exact) mass is 647 g/mol. The largest absolute Gasteiger partial charge is 0.208 e. The van der Waals surface area contributed by atoms with Crippen molar-refractivity contribution in [2.75, 3.05) is 0 Å². The van der Waals surface area contributed by atoms with Gasteiger partial charge in [-0.15, -0.1) is 0 Å². The Morgan fingerprint density at radius 1 is 0.294 bits per heavy atom. The topological polar surface area (TPSA) is 38.7 Å². The fraction of sp³-hybridized carbons (Fsp3) is 0.0208. The lowest BCUT2D eigenvalue weighted by atomic mass is 9.70. The van der Waals surface area contributed by atoms with E-state index >= 15 is 0 Å². The molecule has 1 aromatic heterocycles. The predicted octanol–water partition coefficient (Wildman–Crippen LogP) is 11.5. The lowest BCUT2D eigenvalue weighted by Crippen LogP contribution is -2.26. The molecule has 0 amide bonds. The van der Waals surface area contributed by atoms with Gasteiger partial charge < -0.3 is 0 Å². The summed E-state index contributed by atoms with van der Waals surface area (Å²) in [6.45, 7) is 0. The van der Waals surface area contributed by atoms with Gasteiger partial charge in [0.15, 0.2) is 17.5 Å². The number of aromatic nitrogens is 3. The van der Waals surface area contributed by atoms with Crippen molar-refractivity contribution in [1.82, 2.24) is 15.0 Å². The van der Waals surface area contributed by atoms with Gasteiger partial charge >= 0.3 is 0 Å². The zero-order valence-corrected chi connectivity index (χ0v) is 27.6. The highest BCUT2D eigenvalue weighted by Crippen LogP contribution is 2.62. The smallest absolute Gasteiger partial charge is 0.164 e. The summed E-state index contributed by atoms with van der Waals surface area (Å²) >= 11 is 0. The van der Waals surface area contributed by atoms with E-state index in [1.807, 2.05) is 60.7 Å². The van der Waals surface area contributed by atoms with Gasteiger partial charge in [-0.1, -0.05) is 170 Å². The summed E-state index contributed by atoms with van der Waals surface area (Å²) in [7, 11) is 0. The highest BCUT2D eigenvalue weighted by molar-refractivity contribution is 6.17. The van der Waals surface area contributed by atoms with Crippen molar-refractivity contribution < 1.29 is 0 Å². The molecule has 0 aliphatic heterocycles. The van der Waals surface area contributed by atoms with Gasteiger partial charge in [-0.3, -0.25) is 0 Å². The van der Waals surface area contributed by atoms with Crippen LogP contribution in [-0.2, 0) is 5.41 Å². The van der Waals surface area contributed by atoms with Crippen molar-refractivity contribution in [3.05, 3.63) is 198 Å². The van der Waals surface area contributed by atoms with Gasteiger partial charge in [-0.2, -0.15) is 0 Å². The van der Waals surface area contributed by atoms with Gasteiger partial charge in [0.25, 0.3) is 0 Å². The second-order valence-electron chi connectivity index (χ2n) is 13.5. The van der Waals surface area contributed by atoms with Crippen molar-refractivity contribution in [3.63, 3.8) is 0 Å². The van der Waals surface area contributed by atoms with Gasteiger partial charge in [0.2, 0.25) is 0 Å². The first-order valence-corrected chi connectivity index (χ1v) is 17.4. The standard InChI is InChI=1S/C48H29N3/c1-3-11-33(12-4-1)45-49-46(34-13-5-2-6-14-34)51-47(50-45)35-25-21-30(22-26-35)36-27-28-40-38(29-36)37-17-7-8-18-39(37)48(40)41-19-9-15-31-23-24-32-16-10-20-42(48)44(32)43(31)41/h1-29H. The molecule has 2 aliphatic rings. The Bertz CT molecular complexity index is 2720. The number of hydrogen-bond donors (Lipinski definition) is 0. The van der Waals surface area contributed by atoms with Crippen LogP contribution in [0.3, 0.4) is 0 Å². The fourth-order valence-corrected chi connectivity index (χ4v) is 8.72. The number of hydrogen-bond acceptors (Lipinski definition) is 3. The molecule has 0 bridgehead atoms. The quantitative estimate of drug-likeness (QED) is 0.178. The molecule has 2 aliphatic carbocycles. The maximum Gasteiger partial charge on any atom is 0.164 e. The van der Waals surface area contributed by atoms with Crippen LogP contribution in [0.5, 0.6) is 0 Å². The Hall–Kier alpha value is -6.71. The lowest BCUT2D eigenvalue weighted by molar-refractivity contribution is 0.797. The van der Waals surface area contributed by atoms with Gasteiger partial charge in [0.1, 0.15) is 0 Å². The molecular weight excluding hydrogens is 619 g/mol. The van der Waals surface area contributed by atoms with Gasteiger partial charge in [0.05, 0.1) is 5.41 Å². The minimum atomic E-state index is -0.345. The molecule has 0 N–H and O–H groups in total. The number of rotatable bonds is 4. The van der Waals surface area contributed by atoms with E-state index in [4.69, 9.17) is 15.0 Å². The Kier molecular flexibility index (Phi) is 5.88. The fourth-order valence-electron chi connectivity index (χ4n) is 8.72. The maximum atomic E-state index is 4.94. The summed E-state index contributed by atoms with van der Waals surface area (Å²) in [5.41, 5.74) is 13.0. The first kappa shape index (κ1) is 28.2. The molecule has 3 nitrogen and oxygen atoms in total. The van der Waals surface area contributed by atoms with E-state index in [0.717, 1.165) is 22.3 Å². The summed E-state index contributed by atoms with van der Waals surface area (Å²) in [6, 6.07) is 63.2. The molecule has 0 saturated carbocycles. The van der Waals surface area contributed by atoms with Crippen LogP contribution in [0.2, 0.25) is 0 Å². The van der Waals surface area contributed by atoms with E-state index in [-0.39, 0.29) is 5.41 Å². The Morgan fingerprint density at radius 3 is 1.33 bits per heavy atom. The summed E-state index contributed by atoms with van der Waals surface area (Å²) in [6.07, 6.45) is 0. The number of fused-ring (bicyclic) bond motifs is 7. The molecule has 9 aromatic rings. The Balaban J connectivity index is 1.04. The van der Waals surface area contributed by atoms with E-state index < -0.39 is 0 Å². The van der Waals surface area contributed by atoms with Crippen LogP contribution >= 0.6 is 0 Å². The molecule has 0 atom stereocenters. The highest BCUT2D eigenvalue weighted by Gasteiger charge is 2.50. The highest BCUT2D eigenvalue weighted by atomic mass is 15.0. The average molecular weight is 648 g/mol. The van der Waals surface area contributed by atoms with Crippen LogP contribution in [-0.4, -0.2) is 15.0 Å². The van der Waals surface area contributed by atoms with Crippen LogP contribution in [0.4, 0.5) is 0 Å². The average Bonchev–Trinajstić information content (AvgIpc) is 3.68. The van der Waals surface area contributed by atoms with Crippen LogP contribution in [0, 0.1) is 0 Å². The molecule has 0 unspecified atom stereocenters. The van der Waals surface area contributed by atoms with Crippen molar-refractivity contribution >= 4 is 21.5 Å². The Morgan fingerprint density at radius 2 is 0.745 bits per heavy atom. The summed E-state index contributed by atoms with van der Waals surface area (Å²) in [5, 5.41) is 5.38. The number of nitrogens with zero attached hydrogens (tertiary/aromatic N) is 3. The van der Waals surface area contributed by atoms with Crippen molar-refractivity contribution in [2.24, 2.45) is 0 Å². The lowest BCUT2D eigenvalue weighted by Gasteiger charge is -2.30. The first-order valence-electron chi connectivity index (χ1n) is 17.4. The minimum absolute atomic E-state index is 0.345. The molecule has 3 heteroatoms. The van der Waals surface area contributed by atoms with Crippen LogP contribution in [0.1, 0.15) is 22.3 Å². The van der Waals surface area contributed by atoms with Crippen LogP contribution in [0.25, 0.3) is 78.0 Å². The normalized spacial score (nSPS) is 13.3. The third-order valence-corrected chi connectivity index (χ3v) is 10.9. The SMILES string of the molecule is c1ccc(-c2nc(-c3ccccc3)nc(-c3ccc(-c4ccc5c(c4)-c4ccccc4C54c5cccc6ccc7cccc4c7c56)cc3)n2)cc1. The summed E-state index contributed by atoms with van der Waals surface area (Å²) in [4.78, 5) is 14.7. The van der Waals surface area contributed by atoms with Crippen molar-refractivity contribution in [3.8, 4) is 56.4 Å². The molecule has 0 radical (unpaired) electrons. The van der Waals surface area contributed by atoms with E-state index in [9.17, 15) is 0 Å². The summed E-state index contributed by atoms with van der Waals surface area (Å²) in [5.74, 6) is 1.98. The van der Waals surface area contributed by atoms with E-state index in [0.29, 0.717) is 17.5 Å². The molecule has 1 spiro atoms. The molecule has 0 fully saturated rings. The molecule has 1 heterocycles. The second kappa shape index (κ2) is 10.6. The molecule has 51 heavy (non-hydrogen) atoms. The first-order chi connectivity index (χ1) is 25.3. The summed E-state index contributed by atoms with van der Waals surface area (Å²) < 4.78 is 0. The zero-order chi connectivity index (χ0) is 33.5. The Labute approximate surface area is 295 Å². The van der Waals surface area contributed by atoms with Gasteiger partial charge in [-0.25, -0.2) is 15.0 Å². The van der Waals surface area contributed by atoms with Crippen LogP contribution < -0.4 is 0 Å². The zero-order valence-electron chi connectivity index (χ0n) is 27.6. The van der Waals surface area contributed by atoms with Gasteiger partial charge in [-0.05, 0) is 72.1 Å². The third kappa shape index (κ3) is 3.97. The van der Waals surface area contributed by atoms with E-state index in [1.165, 1.54) is 60.5 Å². The molecule has 236 valence electrons. The molecule has 0 saturated heterocycles. The van der Waals surface area contributed by atoms with E-state index in [2.05, 4.69) is 115 Å². The minimum Gasteiger partial charge on any atom is -0.208 e. The molecule has 11 rings (SSSR count). The second-order valence-corrected chi connectivity index (χ2v) is 13.5. The predicted molar refractivity (Wildman–Crippen MR) is 207 cm³/mol. The molecular formula is C48H29N3.